The standard InChI is InChI=1S/C15H17ClN2/c1-15(11-17,10-14-7-2-3-8-18-14)12-5-4-6-13(16)9-12/h2-9H,10-11,17H2,1H3. The molecule has 0 spiro atoms. The fourth-order valence-corrected chi connectivity index (χ4v) is 2.25. The van der Waals surface area contributed by atoms with E-state index in [1.165, 1.54) is 0 Å². The summed E-state index contributed by atoms with van der Waals surface area (Å²) < 4.78 is 0. The largest absolute Gasteiger partial charge is 0.330 e. The maximum Gasteiger partial charge on any atom is 0.0412 e. The molecule has 0 saturated heterocycles. The number of benzene rings is 1. The van der Waals surface area contributed by atoms with Crippen LogP contribution in [0.1, 0.15) is 18.2 Å². The van der Waals surface area contributed by atoms with Crippen molar-refractivity contribution in [1.82, 2.24) is 4.98 Å². The van der Waals surface area contributed by atoms with Crippen LogP contribution in [0.15, 0.2) is 48.7 Å². The van der Waals surface area contributed by atoms with Crippen molar-refractivity contribution < 1.29 is 0 Å². The zero-order valence-electron chi connectivity index (χ0n) is 10.4. The van der Waals surface area contributed by atoms with Crippen LogP contribution in [0.25, 0.3) is 0 Å². The van der Waals surface area contributed by atoms with Gasteiger partial charge >= 0.3 is 0 Å². The average Bonchev–Trinajstić information content (AvgIpc) is 2.40. The molecule has 0 radical (unpaired) electrons. The third-order valence-corrected chi connectivity index (χ3v) is 3.50. The fraction of sp³-hybridized carbons (Fsp3) is 0.267. The van der Waals surface area contributed by atoms with E-state index in [-0.39, 0.29) is 5.41 Å². The van der Waals surface area contributed by atoms with E-state index < -0.39 is 0 Å². The van der Waals surface area contributed by atoms with Gasteiger partial charge in [0.25, 0.3) is 0 Å². The van der Waals surface area contributed by atoms with Crippen LogP contribution in [-0.4, -0.2) is 11.5 Å². The Morgan fingerprint density at radius 3 is 2.67 bits per heavy atom. The molecular weight excluding hydrogens is 244 g/mol. The van der Waals surface area contributed by atoms with Gasteiger partial charge in [0.1, 0.15) is 0 Å². The van der Waals surface area contributed by atoms with Crippen molar-refractivity contribution in [3.05, 3.63) is 64.9 Å². The van der Waals surface area contributed by atoms with Gasteiger partial charge in [-0.25, -0.2) is 0 Å². The smallest absolute Gasteiger partial charge is 0.0412 e. The molecule has 1 aromatic carbocycles. The molecule has 0 aliphatic carbocycles. The molecule has 1 heterocycles. The monoisotopic (exact) mass is 260 g/mol. The fourth-order valence-electron chi connectivity index (χ4n) is 2.06. The lowest BCUT2D eigenvalue weighted by Crippen LogP contribution is -2.34. The molecule has 2 rings (SSSR count). The Balaban J connectivity index is 2.31. The van der Waals surface area contributed by atoms with Crippen molar-refractivity contribution in [2.24, 2.45) is 5.73 Å². The van der Waals surface area contributed by atoms with Gasteiger partial charge in [0.2, 0.25) is 0 Å². The molecule has 2 N–H and O–H groups in total. The molecule has 94 valence electrons. The first-order valence-corrected chi connectivity index (χ1v) is 6.38. The second-order valence-corrected chi connectivity index (χ2v) is 5.21. The summed E-state index contributed by atoms with van der Waals surface area (Å²) in [5.74, 6) is 0. The van der Waals surface area contributed by atoms with Crippen LogP contribution >= 0.6 is 11.6 Å². The van der Waals surface area contributed by atoms with E-state index >= 15 is 0 Å². The van der Waals surface area contributed by atoms with Gasteiger partial charge in [-0.05, 0) is 29.8 Å². The molecule has 1 atom stereocenters. The summed E-state index contributed by atoms with van der Waals surface area (Å²) in [6.07, 6.45) is 2.62. The van der Waals surface area contributed by atoms with Gasteiger partial charge in [-0.2, -0.15) is 0 Å². The first-order valence-electron chi connectivity index (χ1n) is 6.00. The Bertz CT molecular complexity index is 513. The summed E-state index contributed by atoms with van der Waals surface area (Å²) >= 11 is 6.05. The van der Waals surface area contributed by atoms with Crippen molar-refractivity contribution in [1.29, 1.82) is 0 Å². The summed E-state index contributed by atoms with van der Waals surface area (Å²) in [6, 6.07) is 13.8. The first kappa shape index (κ1) is 13.1. The SMILES string of the molecule is CC(CN)(Cc1ccccn1)c1cccc(Cl)c1. The average molecular weight is 261 g/mol. The highest BCUT2D eigenvalue weighted by molar-refractivity contribution is 6.30. The van der Waals surface area contributed by atoms with E-state index in [4.69, 9.17) is 17.3 Å². The van der Waals surface area contributed by atoms with Crippen molar-refractivity contribution in [2.45, 2.75) is 18.8 Å². The minimum Gasteiger partial charge on any atom is -0.330 e. The molecule has 1 unspecified atom stereocenters. The Hall–Kier alpha value is -1.38. The molecular formula is C15H17ClN2. The number of hydrogen-bond donors (Lipinski definition) is 1. The number of nitrogens with zero attached hydrogens (tertiary/aromatic N) is 1. The molecule has 0 aliphatic heterocycles. The van der Waals surface area contributed by atoms with E-state index in [9.17, 15) is 0 Å². The summed E-state index contributed by atoms with van der Waals surface area (Å²) in [7, 11) is 0. The number of aromatic nitrogens is 1. The lowest BCUT2D eigenvalue weighted by molar-refractivity contribution is 0.475. The van der Waals surface area contributed by atoms with Gasteiger partial charge in [0, 0.05) is 35.3 Å². The first-order chi connectivity index (χ1) is 8.64. The second-order valence-electron chi connectivity index (χ2n) is 4.77. The van der Waals surface area contributed by atoms with Crippen LogP contribution < -0.4 is 5.73 Å². The number of pyridine rings is 1. The predicted molar refractivity (Wildman–Crippen MR) is 75.8 cm³/mol. The van der Waals surface area contributed by atoms with Crippen LogP contribution in [0, 0.1) is 0 Å². The van der Waals surface area contributed by atoms with Gasteiger partial charge in [0.15, 0.2) is 0 Å². The van der Waals surface area contributed by atoms with Crippen LogP contribution in [-0.2, 0) is 11.8 Å². The molecule has 0 aliphatic rings. The van der Waals surface area contributed by atoms with Gasteiger partial charge in [0.05, 0.1) is 0 Å². The topological polar surface area (TPSA) is 38.9 Å². The number of nitrogens with two attached hydrogens (primary N) is 1. The summed E-state index contributed by atoms with van der Waals surface area (Å²) in [5.41, 5.74) is 8.03. The maximum atomic E-state index is 6.05. The van der Waals surface area contributed by atoms with Crippen molar-refractivity contribution >= 4 is 11.6 Å². The lowest BCUT2D eigenvalue weighted by atomic mass is 9.78. The van der Waals surface area contributed by atoms with Crippen molar-refractivity contribution in [2.75, 3.05) is 6.54 Å². The molecule has 18 heavy (non-hydrogen) atoms. The maximum absolute atomic E-state index is 6.05. The lowest BCUT2D eigenvalue weighted by Gasteiger charge is -2.28. The molecule has 2 nitrogen and oxygen atoms in total. The molecule has 0 bridgehead atoms. The third kappa shape index (κ3) is 2.89. The highest BCUT2D eigenvalue weighted by atomic mass is 35.5. The van der Waals surface area contributed by atoms with E-state index in [1.54, 1.807) is 0 Å². The quantitative estimate of drug-likeness (QED) is 0.917. The van der Waals surface area contributed by atoms with Crippen LogP contribution in [0.4, 0.5) is 0 Å². The minimum absolute atomic E-state index is 0.140. The Kier molecular flexibility index (Phi) is 4.00. The molecule has 0 fully saturated rings. The Labute approximate surface area is 113 Å². The summed E-state index contributed by atoms with van der Waals surface area (Å²) in [6.45, 7) is 2.71. The van der Waals surface area contributed by atoms with E-state index in [1.807, 2.05) is 42.6 Å². The predicted octanol–water partition coefficient (Wildman–Crippen LogP) is 3.19. The highest BCUT2D eigenvalue weighted by Gasteiger charge is 2.26. The van der Waals surface area contributed by atoms with Gasteiger partial charge < -0.3 is 5.73 Å². The Morgan fingerprint density at radius 1 is 1.22 bits per heavy atom. The second kappa shape index (κ2) is 5.51. The van der Waals surface area contributed by atoms with E-state index in [0.29, 0.717) is 6.54 Å². The number of halogens is 1. The van der Waals surface area contributed by atoms with Gasteiger partial charge in [-0.1, -0.05) is 36.7 Å². The molecule has 0 amide bonds. The van der Waals surface area contributed by atoms with E-state index in [0.717, 1.165) is 22.7 Å². The molecule has 0 saturated carbocycles. The van der Waals surface area contributed by atoms with Crippen molar-refractivity contribution in [3.63, 3.8) is 0 Å². The third-order valence-electron chi connectivity index (χ3n) is 3.27. The molecule has 1 aromatic heterocycles. The number of rotatable bonds is 4. The molecule has 2 aromatic rings. The van der Waals surface area contributed by atoms with Crippen LogP contribution in [0.2, 0.25) is 5.02 Å². The van der Waals surface area contributed by atoms with Crippen molar-refractivity contribution in [3.8, 4) is 0 Å². The normalized spacial score (nSPS) is 14.2. The Morgan fingerprint density at radius 2 is 2.06 bits per heavy atom. The zero-order chi connectivity index (χ0) is 13.0. The van der Waals surface area contributed by atoms with Crippen LogP contribution in [0.5, 0.6) is 0 Å². The number of hydrogen-bond acceptors (Lipinski definition) is 2. The molecule has 3 heteroatoms. The highest BCUT2D eigenvalue weighted by Crippen LogP contribution is 2.28. The van der Waals surface area contributed by atoms with Crippen LogP contribution in [0.3, 0.4) is 0 Å². The zero-order valence-corrected chi connectivity index (χ0v) is 11.2. The minimum atomic E-state index is -0.140. The summed E-state index contributed by atoms with van der Waals surface area (Å²) in [4.78, 5) is 4.37. The van der Waals surface area contributed by atoms with Gasteiger partial charge in [-0.3, -0.25) is 4.98 Å². The summed E-state index contributed by atoms with van der Waals surface area (Å²) in [5, 5.41) is 0.744. The van der Waals surface area contributed by atoms with Gasteiger partial charge in [-0.15, -0.1) is 0 Å². The van der Waals surface area contributed by atoms with E-state index in [2.05, 4.69) is 18.0 Å².